The normalized spacial score (nSPS) is 12.4. The second kappa shape index (κ2) is 7.75. The quantitative estimate of drug-likeness (QED) is 0.855. The Morgan fingerprint density at radius 1 is 1.32 bits per heavy atom. The van der Waals surface area contributed by atoms with E-state index in [2.05, 4.69) is 5.32 Å². The first-order valence-corrected chi connectivity index (χ1v) is 7.27. The second-order valence-corrected chi connectivity index (χ2v) is 5.42. The average molecular weight is 304 g/mol. The Hall–Kier alpha value is -2.14. The summed E-state index contributed by atoms with van der Waals surface area (Å²) < 4.78 is 18.6. The zero-order valence-electron chi connectivity index (χ0n) is 12.9. The fourth-order valence-corrected chi connectivity index (χ4v) is 2.30. The third kappa shape index (κ3) is 4.70. The van der Waals surface area contributed by atoms with Crippen molar-refractivity contribution in [2.75, 3.05) is 20.6 Å². The van der Waals surface area contributed by atoms with Gasteiger partial charge in [0.1, 0.15) is 11.6 Å². The molecule has 1 atom stereocenters. The van der Waals surface area contributed by atoms with Crippen LogP contribution >= 0.6 is 0 Å². The van der Waals surface area contributed by atoms with Gasteiger partial charge in [0, 0.05) is 19.4 Å². The lowest BCUT2D eigenvalue weighted by atomic mass is 10.1. The van der Waals surface area contributed by atoms with Crippen molar-refractivity contribution in [3.8, 4) is 0 Å². The van der Waals surface area contributed by atoms with Crippen LogP contribution in [0, 0.1) is 5.82 Å². The molecule has 1 unspecified atom stereocenters. The fourth-order valence-electron chi connectivity index (χ4n) is 2.30. The van der Waals surface area contributed by atoms with Crippen LogP contribution in [0.2, 0.25) is 0 Å². The number of nitrogens with zero attached hydrogens (tertiary/aromatic N) is 1. The standard InChI is InChI=1S/C17H21FN2O2/c1-20(2)16(13-5-3-6-14(18)11-13)12-19-17(21)9-8-15-7-4-10-22-15/h3-7,10-11,16H,8-9,12H2,1-2H3,(H,19,21). The van der Waals surface area contributed by atoms with E-state index in [9.17, 15) is 9.18 Å². The van der Waals surface area contributed by atoms with Gasteiger partial charge in [-0.05, 0) is 43.9 Å². The molecule has 1 heterocycles. The van der Waals surface area contributed by atoms with Crippen molar-refractivity contribution in [2.24, 2.45) is 0 Å². The van der Waals surface area contributed by atoms with Crippen LogP contribution in [0.4, 0.5) is 4.39 Å². The molecular formula is C17H21FN2O2. The Bertz CT molecular complexity index is 596. The number of carbonyl (C=O) groups excluding carboxylic acids is 1. The van der Waals surface area contributed by atoms with E-state index in [1.165, 1.54) is 12.1 Å². The van der Waals surface area contributed by atoms with Gasteiger partial charge in [-0.25, -0.2) is 4.39 Å². The molecule has 2 rings (SSSR count). The van der Waals surface area contributed by atoms with Crippen molar-refractivity contribution in [3.63, 3.8) is 0 Å². The highest BCUT2D eigenvalue weighted by Crippen LogP contribution is 2.18. The molecule has 1 aromatic heterocycles. The number of aryl methyl sites for hydroxylation is 1. The summed E-state index contributed by atoms with van der Waals surface area (Å²) in [6.07, 6.45) is 2.54. The highest BCUT2D eigenvalue weighted by Gasteiger charge is 2.16. The molecule has 0 aliphatic rings. The topological polar surface area (TPSA) is 45.5 Å². The minimum Gasteiger partial charge on any atom is -0.469 e. The van der Waals surface area contributed by atoms with Gasteiger partial charge in [-0.3, -0.25) is 4.79 Å². The lowest BCUT2D eigenvalue weighted by molar-refractivity contribution is -0.121. The van der Waals surface area contributed by atoms with Gasteiger partial charge in [-0.1, -0.05) is 12.1 Å². The molecule has 1 N–H and O–H groups in total. The van der Waals surface area contributed by atoms with Gasteiger partial charge in [-0.15, -0.1) is 0 Å². The van der Waals surface area contributed by atoms with Gasteiger partial charge in [-0.2, -0.15) is 0 Å². The molecule has 0 fully saturated rings. The third-order valence-electron chi connectivity index (χ3n) is 3.53. The van der Waals surface area contributed by atoms with Gasteiger partial charge in [0.15, 0.2) is 0 Å². The first kappa shape index (κ1) is 16.2. The number of likely N-dealkylation sites (N-methyl/N-ethyl adjacent to an activating group) is 1. The van der Waals surface area contributed by atoms with Gasteiger partial charge in [0.25, 0.3) is 0 Å². The summed E-state index contributed by atoms with van der Waals surface area (Å²) in [6, 6.07) is 10.0. The van der Waals surface area contributed by atoms with E-state index in [4.69, 9.17) is 4.42 Å². The maximum absolute atomic E-state index is 13.4. The highest BCUT2D eigenvalue weighted by molar-refractivity contribution is 5.76. The monoisotopic (exact) mass is 304 g/mol. The molecule has 0 spiro atoms. The zero-order valence-corrected chi connectivity index (χ0v) is 12.9. The summed E-state index contributed by atoms with van der Waals surface area (Å²) in [5.74, 6) is 0.484. The van der Waals surface area contributed by atoms with Crippen molar-refractivity contribution in [3.05, 3.63) is 59.8 Å². The molecule has 0 saturated carbocycles. The van der Waals surface area contributed by atoms with E-state index in [1.807, 2.05) is 31.1 Å². The summed E-state index contributed by atoms with van der Waals surface area (Å²) >= 11 is 0. The Kier molecular flexibility index (Phi) is 5.72. The molecule has 118 valence electrons. The first-order valence-electron chi connectivity index (χ1n) is 7.27. The van der Waals surface area contributed by atoms with E-state index in [-0.39, 0.29) is 17.8 Å². The molecule has 1 amide bonds. The summed E-state index contributed by atoms with van der Waals surface area (Å²) in [6.45, 7) is 0.438. The lowest BCUT2D eigenvalue weighted by Crippen LogP contribution is -2.34. The number of nitrogens with one attached hydrogen (secondary N) is 1. The Morgan fingerprint density at radius 3 is 2.77 bits per heavy atom. The largest absolute Gasteiger partial charge is 0.469 e. The summed E-state index contributed by atoms with van der Waals surface area (Å²) in [5.41, 5.74) is 0.844. The summed E-state index contributed by atoms with van der Waals surface area (Å²) in [4.78, 5) is 13.9. The number of carbonyl (C=O) groups is 1. The molecule has 0 bridgehead atoms. The SMILES string of the molecule is CN(C)C(CNC(=O)CCc1ccco1)c1cccc(F)c1. The summed E-state index contributed by atoms with van der Waals surface area (Å²) in [7, 11) is 3.81. The van der Waals surface area contributed by atoms with Crippen molar-refractivity contribution in [1.82, 2.24) is 10.2 Å². The van der Waals surface area contributed by atoms with Crippen LogP contribution < -0.4 is 5.32 Å². The van der Waals surface area contributed by atoms with E-state index < -0.39 is 0 Å². The lowest BCUT2D eigenvalue weighted by Gasteiger charge is -2.25. The number of benzene rings is 1. The molecule has 0 aliphatic carbocycles. The molecule has 1 aromatic carbocycles. The Labute approximate surface area is 129 Å². The second-order valence-electron chi connectivity index (χ2n) is 5.42. The van der Waals surface area contributed by atoms with E-state index in [1.54, 1.807) is 18.4 Å². The smallest absolute Gasteiger partial charge is 0.220 e. The third-order valence-corrected chi connectivity index (χ3v) is 3.53. The predicted octanol–water partition coefficient (Wildman–Crippen LogP) is 2.77. The molecule has 0 radical (unpaired) electrons. The maximum atomic E-state index is 13.4. The van der Waals surface area contributed by atoms with Gasteiger partial charge < -0.3 is 14.6 Å². The van der Waals surface area contributed by atoms with Crippen LogP contribution in [-0.2, 0) is 11.2 Å². The van der Waals surface area contributed by atoms with E-state index in [0.29, 0.717) is 19.4 Å². The number of halogens is 1. The van der Waals surface area contributed by atoms with E-state index >= 15 is 0 Å². The number of rotatable bonds is 7. The molecule has 4 nitrogen and oxygen atoms in total. The number of hydrogen-bond donors (Lipinski definition) is 1. The molecular weight excluding hydrogens is 283 g/mol. The number of furan rings is 1. The highest BCUT2D eigenvalue weighted by atomic mass is 19.1. The van der Waals surface area contributed by atoms with Crippen LogP contribution in [0.1, 0.15) is 23.8 Å². The molecule has 5 heteroatoms. The van der Waals surface area contributed by atoms with Gasteiger partial charge >= 0.3 is 0 Å². The minimum atomic E-state index is -0.270. The average Bonchev–Trinajstić information content (AvgIpc) is 2.98. The summed E-state index contributed by atoms with van der Waals surface area (Å²) in [5, 5.41) is 2.90. The van der Waals surface area contributed by atoms with Gasteiger partial charge in [0.05, 0.1) is 12.3 Å². The molecule has 22 heavy (non-hydrogen) atoms. The van der Waals surface area contributed by atoms with Crippen molar-refractivity contribution in [2.45, 2.75) is 18.9 Å². The molecule has 2 aromatic rings. The Balaban J connectivity index is 1.87. The molecule has 0 saturated heterocycles. The number of hydrogen-bond acceptors (Lipinski definition) is 3. The molecule has 0 aliphatic heterocycles. The van der Waals surface area contributed by atoms with Crippen molar-refractivity contribution < 1.29 is 13.6 Å². The Morgan fingerprint density at radius 2 is 2.14 bits per heavy atom. The van der Waals surface area contributed by atoms with Gasteiger partial charge in [0.2, 0.25) is 5.91 Å². The zero-order chi connectivity index (χ0) is 15.9. The van der Waals surface area contributed by atoms with Crippen LogP contribution in [0.3, 0.4) is 0 Å². The van der Waals surface area contributed by atoms with Crippen LogP contribution in [0.25, 0.3) is 0 Å². The van der Waals surface area contributed by atoms with Crippen molar-refractivity contribution >= 4 is 5.91 Å². The minimum absolute atomic E-state index is 0.0420. The number of amides is 1. The fraction of sp³-hybridized carbons (Fsp3) is 0.353. The van der Waals surface area contributed by atoms with Crippen molar-refractivity contribution in [1.29, 1.82) is 0 Å². The van der Waals surface area contributed by atoms with E-state index in [0.717, 1.165) is 11.3 Å². The predicted molar refractivity (Wildman–Crippen MR) is 82.9 cm³/mol. The first-order chi connectivity index (χ1) is 10.6. The van der Waals surface area contributed by atoms with Crippen LogP contribution in [0.5, 0.6) is 0 Å². The maximum Gasteiger partial charge on any atom is 0.220 e. The van der Waals surface area contributed by atoms with Crippen LogP contribution in [-0.4, -0.2) is 31.4 Å². The van der Waals surface area contributed by atoms with Crippen LogP contribution in [0.15, 0.2) is 47.1 Å².